The Morgan fingerprint density at radius 3 is 2.65 bits per heavy atom. The molecule has 3 aliphatic heterocycles. The van der Waals surface area contributed by atoms with Crippen LogP contribution in [0, 0.1) is 0 Å². The lowest BCUT2D eigenvalue weighted by molar-refractivity contribution is -0.153. The predicted molar refractivity (Wildman–Crippen MR) is 105 cm³/mol. The van der Waals surface area contributed by atoms with Crippen molar-refractivity contribution >= 4 is 17.7 Å². The molecular formula is C21H25F3N4O3. The summed E-state index contributed by atoms with van der Waals surface area (Å²) in [4.78, 5) is 39.2. The van der Waals surface area contributed by atoms with Crippen molar-refractivity contribution in [1.82, 2.24) is 20.4 Å². The summed E-state index contributed by atoms with van der Waals surface area (Å²) >= 11 is 0. The number of hydrogen-bond donors (Lipinski definition) is 2. The summed E-state index contributed by atoms with van der Waals surface area (Å²) in [6.45, 7) is 0.679. The molecule has 10 heteroatoms. The van der Waals surface area contributed by atoms with Gasteiger partial charge in [-0.2, -0.15) is 13.2 Å². The molecule has 0 saturated carbocycles. The van der Waals surface area contributed by atoms with Crippen molar-refractivity contribution in [3.8, 4) is 0 Å². The monoisotopic (exact) mass is 438 g/mol. The predicted octanol–water partition coefficient (Wildman–Crippen LogP) is 1.56. The van der Waals surface area contributed by atoms with Crippen LogP contribution in [0.3, 0.4) is 0 Å². The lowest BCUT2D eigenvalue weighted by atomic mass is 10.0. The van der Waals surface area contributed by atoms with Gasteiger partial charge < -0.3 is 10.2 Å². The molecule has 3 heterocycles. The SMILES string of the molecule is O=C1CCC(N2Cc3cc(CN(CC(F)(F)F)C4CCCNC4)ccc3C2=O)C(=O)N1. The molecule has 2 saturated heterocycles. The van der Waals surface area contributed by atoms with Crippen molar-refractivity contribution in [3.05, 3.63) is 34.9 Å². The van der Waals surface area contributed by atoms with Crippen LogP contribution >= 0.6 is 0 Å². The number of halogens is 3. The number of imide groups is 1. The molecule has 3 amide bonds. The maximum atomic E-state index is 13.2. The third-order valence-electron chi connectivity index (χ3n) is 6.14. The first-order chi connectivity index (χ1) is 14.7. The zero-order chi connectivity index (χ0) is 22.2. The van der Waals surface area contributed by atoms with E-state index in [0.717, 1.165) is 13.0 Å². The van der Waals surface area contributed by atoms with Crippen molar-refractivity contribution in [2.24, 2.45) is 0 Å². The highest BCUT2D eigenvalue weighted by atomic mass is 19.4. The molecule has 0 bridgehead atoms. The zero-order valence-corrected chi connectivity index (χ0v) is 17.0. The Bertz CT molecular complexity index is 883. The summed E-state index contributed by atoms with van der Waals surface area (Å²) in [6, 6.07) is 4.16. The maximum Gasteiger partial charge on any atom is 0.401 e. The number of amides is 3. The Balaban J connectivity index is 1.50. The van der Waals surface area contributed by atoms with Crippen LogP contribution in [0.1, 0.15) is 47.2 Å². The fourth-order valence-electron chi connectivity index (χ4n) is 4.65. The fraction of sp³-hybridized carbons (Fsp3) is 0.571. The van der Waals surface area contributed by atoms with Gasteiger partial charge in [0.15, 0.2) is 0 Å². The van der Waals surface area contributed by atoms with Crippen LogP contribution < -0.4 is 10.6 Å². The quantitative estimate of drug-likeness (QED) is 0.682. The maximum absolute atomic E-state index is 13.2. The van der Waals surface area contributed by atoms with Crippen LogP contribution in [-0.2, 0) is 22.7 Å². The van der Waals surface area contributed by atoms with E-state index in [4.69, 9.17) is 0 Å². The van der Waals surface area contributed by atoms with Crippen LogP contribution in [0.5, 0.6) is 0 Å². The molecule has 4 rings (SSSR count). The Hall–Kier alpha value is -2.46. The summed E-state index contributed by atoms with van der Waals surface area (Å²) in [7, 11) is 0. The molecular weight excluding hydrogens is 413 g/mol. The molecule has 7 nitrogen and oxygen atoms in total. The number of alkyl halides is 3. The Kier molecular flexibility index (Phi) is 6.02. The van der Waals surface area contributed by atoms with E-state index in [1.54, 1.807) is 18.2 Å². The molecule has 2 N–H and O–H groups in total. The molecule has 2 unspecified atom stereocenters. The number of fused-ring (bicyclic) bond motifs is 1. The van der Waals surface area contributed by atoms with Crippen LogP contribution in [0.25, 0.3) is 0 Å². The van der Waals surface area contributed by atoms with Crippen molar-refractivity contribution in [1.29, 1.82) is 0 Å². The first-order valence-corrected chi connectivity index (χ1v) is 10.5. The van der Waals surface area contributed by atoms with Crippen molar-refractivity contribution in [3.63, 3.8) is 0 Å². The summed E-state index contributed by atoms with van der Waals surface area (Å²) < 4.78 is 39.5. The highest BCUT2D eigenvalue weighted by Crippen LogP contribution is 2.29. The Morgan fingerprint density at radius 1 is 1.16 bits per heavy atom. The summed E-state index contributed by atoms with van der Waals surface area (Å²) in [6.07, 6.45) is -2.32. The minimum absolute atomic E-state index is 0.131. The molecule has 168 valence electrons. The average molecular weight is 438 g/mol. The molecule has 2 atom stereocenters. The van der Waals surface area contributed by atoms with E-state index in [0.29, 0.717) is 29.7 Å². The second kappa shape index (κ2) is 8.58. The van der Waals surface area contributed by atoms with Gasteiger partial charge in [0.25, 0.3) is 5.91 Å². The van der Waals surface area contributed by atoms with Crippen LogP contribution in [-0.4, -0.2) is 65.4 Å². The van der Waals surface area contributed by atoms with Crippen LogP contribution in [0.2, 0.25) is 0 Å². The van der Waals surface area contributed by atoms with Crippen molar-refractivity contribution in [2.75, 3.05) is 19.6 Å². The summed E-state index contributed by atoms with van der Waals surface area (Å²) in [5, 5.41) is 5.42. The van der Waals surface area contributed by atoms with E-state index >= 15 is 0 Å². The zero-order valence-electron chi connectivity index (χ0n) is 17.0. The van der Waals surface area contributed by atoms with Crippen molar-refractivity contribution in [2.45, 2.75) is 57.0 Å². The van der Waals surface area contributed by atoms with E-state index in [1.807, 2.05) is 0 Å². The van der Waals surface area contributed by atoms with E-state index in [9.17, 15) is 27.6 Å². The van der Waals surface area contributed by atoms with Crippen LogP contribution in [0.15, 0.2) is 18.2 Å². The second-order valence-electron chi connectivity index (χ2n) is 8.41. The van der Waals surface area contributed by atoms with Gasteiger partial charge in [-0.25, -0.2) is 0 Å². The number of carbonyl (C=O) groups is 3. The van der Waals surface area contributed by atoms with Gasteiger partial charge in [-0.15, -0.1) is 0 Å². The fourth-order valence-corrected chi connectivity index (χ4v) is 4.65. The van der Waals surface area contributed by atoms with E-state index in [-0.39, 0.29) is 43.8 Å². The third kappa shape index (κ3) is 4.90. The number of piperidine rings is 2. The standard InChI is InChI=1S/C21H25F3N4O3/c22-21(23,24)12-27(15-2-1-7-25-9-15)10-13-3-4-16-14(8-13)11-28(20(16)31)17-5-6-18(29)26-19(17)30/h3-4,8,15,17,25H,1-2,5-7,9-12H2,(H,26,29,30). The van der Waals surface area contributed by atoms with Gasteiger partial charge in [-0.1, -0.05) is 12.1 Å². The highest BCUT2D eigenvalue weighted by Gasteiger charge is 2.39. The van der Waals surface area contributed by atoms with Crippen molar-refractivity contribution < 1.29 is 27.6 Å². The molecule has 0 spiro atoms. The molecule has 3 aliphatic rings. The molecule has 1 aromatic carbocycles. The minimum Gasteiger partial charge on any atom is -0.322 e. The molecule has 1 aromatic rings. The first kappa shape index (κ1) is 21.8. The largest absolute Gasteiger partial charge is 0.401 e. The van der Waals surface area contributed by atoms with Gasteiger partial charge in [0.2, 0.25) is 11.8 Å². The summed E-state index contributed by atoms with van der Waals surface area (Å²) in [5.74, 6) is -1.13. The summed E-state index contributed by atoms with van der Waals surface area (Å²) in [5.41, 5.74) is 1.85. The Morgan fingerprint density at radius 2 is 1.97 bits per heavy atom. The number of rotatable bonds is 5. The number of nitrogens with zero attached hydrogens (tertiary/aromatic N) is 2. The first-order valence-electron chi connectivity index (χ1n) is 10.5. The van der Waals surface area contributed by atoms with E-state index < -0.39 is 24.7 Å². The second-order valence-corrected chi connectivity index (χ2v) is 8.41. The third-order valence-corrected chi connectivity index (χ3v) is 6.14. The number of nitrogens with one attached hydrogen (secondary N) is 2. The molecule has 0 aliphatic carbocycles. The number of hydrogen-bond acceptors (Lipinski definition) is 5. The average Bonchev–Trinajstić information content (AvgIpc) is 3.03. The lowest BCUT2D eigenvalue weighted by Gasteiger charge is -2.35. The van der Waals surface area contributed by atoms with Gasteiger partial charge in [0.1, 0.15) is 6.04 Å². The lowest BCUT2D eigenvalue weighted by Crippen LogP contribution is -2.52. The number of benzene rings is 1. The van der Waals surface area contributed by atoms with Gasteiger partial charge in [0, 0.05) is 37.7 Å². The normalized spacial score (nSPS) is 24.5. The van der Waals surface area contributed by atoms with Gasteiger partial charge >= 0.3 is 6.18 Å². The number of carbonyl (C=O) groups excluding carboxylic acids is 3. The minimum atomic E-state index is -4.30. The van der Waals surface area contributed by atoms with E-state index in [1.165, 1.54) is 9.80 Å². The van der Waals surface area contributed by atoms with Crippen LogP contribution in [0.4, 0.5) is 13.2 Å². The molecule has 2 fully saturated rings. The topological polar surface area (TPSA) is 81.8 Å². The van der Waals surface area contributed by atoms with E-state index in [2.05, 4.69) is 10.6 Å². The van der Waals surface area contributed by atoms with Gasteiger partial charge in [-0.3, -0.25) is 24.6 Å². The highest BCUT2D eigenvalue weighted by molar-refractivity contribution is 6.05. The van der Waals surface area contributed by atoms with Gasteiger partial charge in [0.05, 0.1) is 6.54 Å². The Labute approximate surface area is 177 Å². The molecule has 0 radical (unpaired) electrons. The molecule has 0 aromatic heterocycles. The smallest absolute Gasteiger partial charge is 0.322 e. The van der Waals surface area contributed by atoms with Gasteiger partial charge in [-0.05, 0) is 43.0 Å². The molecule has 31 heavy (non-hydrogen) atoms.